The van der Waals surface area contributed by atoms with Crippen LogP contribution in [0.4, 0.5) is 0 Å². The highest BCUT2D eigenvalue weighted by Gasteiger charge is 2.21. The van der Waals surface area contributed by atoms with Crippen LogP contribution in [0.5, 0.6) is 5.75 Å². The molecule has 120 valence electrons. The number of amides is 1. The number of phenols is 1. The van der Waals surface area contributed by atoms with Crippen LogP contribution in [0.1, 0.15) is 11.1 Å². The zero-order valence-electron chi connectivity index (χ0n) is 13.2. The molecule has 2 aromatic rings. The molecule has 1 N–H and O–H groups in total. The molecule has 0 saturated carbocycles. The summed E-state index contributed by atoms with van der Waals surface area (Å²) in [6.45, 7) is 4.21. The molecule has 0 aliphatic carbocycles. The highest BCUT2D eigenvalue weighted by molar-refractivity contribution is 5.78. The summed E-state index contributed by atoms with van der Waals surface area (Å²) in [5.74, 6) is 0.505. The Labute approximate surface area is 137 Å². The number of hydrogen-bond acceptors (Lipinski definition) is 3. The number of benzene rings is 2. The van der Waals surface area contributed by atoms with Gasteiger partial charge >= 0.3 is 0 Å². The minimum Gasteiger partial charge on any atom is -0.508 e. The number of carbonyl (C=O) groups is 1. The standard InChI is InChI=1S/C19H22N2O2/c22-18-8-6-17(7-9-18)15-20-10-12-21(13-11-20)19(23)14-16-4-2-1-3-5-16/h1-9,22H,10-15H2. The van der Waals surface area contributed by atoms with E-state index in [2.05, 4.69) is 4.90 Å². The number of rotatable bonds is 4. The molecule has 4 nitrogen and oxygen atoms in total. The smallest absolute Gasteiger partial charge is 0.227 e. The van der Waals surface area contributed by atoms with E-state index in [4.69, 9.17) is 0 Å². The summed E-state index contributed by atoms with van der Waals surface area (Å²) in [7, 11) is 0. The molecule has 23 heavy (non-hydrogen) atoms. The largest absolute Gasteiger partial charge is 0.508 e. The minimum atomic E-state index is 0.209. The zero-order chi connectivity index (χ0) is 16.1. The highest BCUT2D eigenvalue weighted by atomic mass is 16.3. The second-order valence-corrected chi connectivity index (χ2v) is 5.99. The van der Waals surface area contributed by atoms with Crippen molar-refractivity contribution in [3.05, 3.63) is 65.7 Å². The second kappa shape index (κ2) is 7.29. The fourth-order valence-corrected chi connectivity index (χ4v) is 2.90. The molecule has 0 aromatic heterocycles. The maximum absolute atomic E-state index is 12.3. The quantitative estimate of drug-likeness (QED) is 0.942. The first kappa shape index (κ1) is 15.6. The topological polar surface area (TPSA) is 43.8 Å². The third-order valence-electron chi connectivity index (χ3n) is 4.27. The summed E-state index contributed by atoms with van der Waals surface area (Å²) < 4.78 is 0. The molecule has 4 heteroatoms. The van der Waals surface area contributed by atoms with Gasteiger partial charge in [-0.2, -0.15) is 0 Å². The second-order valence-electron chi connectivity index (χ2n) is 5.99. The molecule has 2 aromatic carbocycles. The van der Waals surface area contributed by atoms with E-state index in [1.165, 1.54) is 5.56 Å². The van der Waals surface area contributed by atoms with Crippen LogP contribution in [0.3, 0.4) is 0 Å². The summed E-state index contributed by atoms with van der Waals surface area (Å²) >= 11 is 0. The van der Waals surface area contributed by atoms with Crippen LogP contribution in [0.25, 0.3) is 0 Å². The van der Waals surface area contributed by atoms with Gasteiger partial charge in [0, 0.05) is 32.7 Å². The SMILES string of the molecule is O=C(Cc1ccccc1)N1CCN(Cc2ccc(O)cc2)CC1. The molecular formula is C19H22N2O2. The highest BCUT2D eigenvalue weighted by Crippen LogP contribution is 2.13. The fourth-order valence-electron chi connectivity index (χ4n) is 2.90. The molecule has 1 heterocycles. The Morgan fingerprint density at radius 2 is 1.52 bits per heavy atom. The summed E-state index contributed by atoms with van der Waals surface area (Å²) in [5, 5.41) is 9.32. The Balaban J connectivity index is 1.48. The molecule has 0 unspecified atom stereocenters. The Hall–Kier alpha value is -2.33. The maximum atomic E-state index is 12.3. The number of piperazine rings is 1. The maximum Gasteiger partial charge on any atom is 0.227 e. The number of aromatic hydroxyl groups is 1. The number of nitrogens with zero attached hydrogens (tertiary/aromatic N) is 2. The normalized spacial score (nSPS) is 15.6. The van der Waals surface area contributed by atoms with Crippen LogP contribution in [0.15, 0.2) is 54.6 Å². The predicted molar refractivity (Wildman–Crippen MR) is 90.1 cm³/mol. The van der Waals surface area contributed by atoms with E-state index in [0.717, 1.165) is 38.3 Å². The lowest BCUT2D eigenvalue weighted by Gasteiger charge is -2.34. The molecule has 3 rings (SSSR count). The Morgan fingerprint density at radius 3 is 2.17 bits per heavy atom. The van der Waals surface area contributed by atoms with Gasteiger partial charge in [-0.1, -0.05) is 42.5 Å². The lowest BCUT2D eigenvalue weighted by Crippen LogP contribution is -2.48. The van der Waals surface area contributed by atoms with Gasteiger partial charge in [-0.3, -0.25) is 9.69 Å². The predicted octanol–water partition coefficient (Wildman–Crippen LogP) is 2.28. The Morgan fingerprint density at radius 1 is 0.870 bits per heavy atom. The molecule has 1 aliphatic heterocycles. The van der Waals surface area contributed by atoms with E-state index in [9.17, 15) is 9.90 Å². The molecule has 1 saturated heterocycles. The molecule has 1 aliphatic rings. The molecule has 1 fully saturated rings. The van der Waals surface area contributed by atoms with Crippen molar-refractivity contribution < 1.29 is 9.90 Å². The average molecular weight is 310 g/mol. The van der Waals surface area contributed by atoms with E-state index < -0.39 is 0 Å². The fraction of sp³-hybridized carbons (Fsp3) is 0.316. The van der Waals surface area contributed by atoms with Crippen LogP contribution in [0, 0.1) is 0 Å². The van der Waals surface area contributed by atoms with Crippen molar-refractivity contribution in [2.75, 3.05) is 26.2 Å². The van der Waals surface area contributed by atoms with Gasteiger partial charge in [-0.05, 0) is 23.3 Å². The summed E-state index contributed by atoms with van der Waals surface area (Å²) in [5.41, 5.74) is 2.26. The third kappa shape index (κ3) is 4.33. The first-order valence-electron chi connectivity index (χ1n) is 8.03. The van der Waals surface area contributed by atoms with Crippen LogP contribution < -0.4 is 0 Å². The van der Waals surface area contributed by atoms with E-state index >= 15 is 0 Å². The van der Waals surface area contributed by atoms with Crippen LogP contribution in [-0.2, 0) is 17.8 Å². The zero-order valence-corrected chi connectivity index (χ0v) is 13.2. The Bertz CT molecular complexity index is 632. The van der Waals surface area contributed by atoms with Gasteiger partial charge in [0.1, 0.15) is 5.75 Å². The monoisotopic (exact) mass is 310 g/mol. The lowest BCUT2D eigenvalue weighted by atomic mass is 10.1. The van der Waals surface area contributed by atoms with E-state index in [0.29, 0.717) is 12.2 Å². The van der Waals surface area contributed by atoms with Crippen LogP contribution in [-0.4, -0.2) is 47.0 Å². The third-order valence-corrected chi connectivity index (χ3v) is 4.27. The number of carbonyl (C=O) groups excluding carboxylic acids is 1. The molecular weight excluding hydrogens is 288 g/mol. The molecule has 1 amide bonds. The van der Waals surface area contributed by atoms with Gasteiger partial charge in [0.05, 0.1) is 6.42 Å². The Kier molecular flexibility index (Phi) is 4.93. The van der Waals surface area contributed by atoms with E-state index in [1.807, 2.05) is 47.4 Å². The van der Waals surface area contributed by atoms with Crippen LogP contribution >= 0.6 is 0 Å². The number of phenolic OH excluding ortho intramolecular Hbond substituents is 1. The summed E-state index contributed by atoms with van der Waals surface area (Å²) in [6.07, 6.45) is 0.485. The van der Waals surface area contributed by atoms with Crippen molar-refractivity contribution in [3.8, 4) is 5.75 Å². The van der Waals surface area contributed by atoms with Crippen LogP contribution in [0.2, 0.25) is 0 Å². The molecule has 0 spiro atoms. The van der Waals surface area contributed by atoms with E-state index in [-0.39, 0.29) is 5.91 Å². The minimum absolute atomic E-state index is 0.209. The van der Waals surface area contributed by atoms with Crippen molar-refractivity contribution in [3.63, 3.8) is 0 Å². The van der Waals surface area contributed by atoms with Crippen molar-refractivity contribution in [2.45, 2.75) is 13.0 Å². The summed E-state index contributed by atoms with van der Waals surface area (Å²) in [6, 6.07) is 17.2. The van der Waals surface area contributed by atoms with Gasteiger partial charge < -0.3 is 10.0 Å². The van der Waals surface area contributed by atoms with Gasteiger partial charge in [-0.15, -0.1) is 0 Å². The van der Waals surface area contributed by atoms with E-state index in [1.54, 1.807) is 12.1 Å². The van der Waals surface area contributed by atoms with Gasteiger partial charge in [0.25, 0.3) is 0 Å². The van der Waals surface area contributed by atoms with Crippen molar-refractivity contribution in [1.29, 1.82) is 0 Å². The van der Waals surface area contributed by atoms with Crippen molar-refractivity contribution in [2.24, 2.45) is 0 Å². The van der Waals surface area contributed by atoms with Gasteiger partial charge in [0.15, 0.2) is 0 Å². The average Bonchev–Trinajstić information content (AvgIpc) is 2.58. The number of hydrogen-bond donors (Lipinski definition) is 1. The lowest BCUT2D eigenvalue weighted by molar-refractivity contribution is -0.132. The first-order chi connectivity index (χ1) is 11.2. The summed E-state index contributed by atoms with van der Waals surface area (Å²) in [4.78, 5) is 16.7. The molecule has 0 bridgehead atoms. The van der Waals surface area contributed by atoms with Crippen molar-refractivity contribution >= 4 is 5.91 Å². The molecule has 0 atom stereocenters. The first-order valence-corrected chi connectivity index (χ1v) is 8.03. The molecule has 0 radical (unpaired) electrons. The van der Waals surface area contributed by atoms with Crippen molar-refractivity contribution in [1.82, 2.24) is 9.80 Å². The van der Waals surface area contributed by atoms with Gasteiger partial charge in [-0.25, -0.2) is 0 Å². The van der Waals surface area contributed by atoms with Gasteiger partial charge in [0.2, 0.25) is 5.91 Å².